The lowest BCUT2D eigenvalue weighted by atomic mass is 10.1. The topological polar surface area (TPSA) is 59.8 Å². The summed E-state index contributed by atoms with van der Waals surface area (Å²) in [5, 5.41) is 0.889. The summed E-state index contributed by atoms with van der Waals surface area (Å²) in [6.45, 7) is 10.1. The van der Waals surface area contributed by atoms with Gasteiger partial charge in [0.1, 0.15) is 11.3 Å². The Morgan fingerprint density at radius 2 is 1.96 bits per heavy atom. The fraction of sp³-hybridized carbons (Fsp3) is 0.300. The van der Waals surface area contributed by atoms with Crippen LogP contribution in [0.2, 0.25) is 0 Å². The van der Waals surface area contributed by atoms with E-state index in [1.807, 2.05) is 6.07 Å². The molecule has 2 rings (SSSR count). The Bertz CT molecular complexity index is 812. The molecule has 0 unspecified atom stereocenters. The standard InChI is InChI=1S/C20H23NO4/c1-4-7-15-12-20(23)25-18-13-16(8-9-17(15)18)24-14-19(22)21(10-5-2)11-6-3/h5-6,8-9,12-13H,2-4,7,10-11,14H2,1H3. The summed E-state index contributed by atoms with van der Waals surface area (Å²) in [6, 6.07) is 6.81. The van der Waals surface area contributed by atoms with Gasteiger partial charge in [0.05, 0.1) is 0 Å². The molecular weight excluding hydrogens is 318 g/mol. The smallest absolute Gasteiger partial charge is 0.336 e. The summed E-state index contributed by atoms with van der Waals surface area (Å²) >= 11 is 0. The SMILES string of the molecule is C=CCN(CC=C)C(=O)COc1ccc2c(CCC)cc(=O)oc2c1. The number of amides is 1. The Morgan fingerprint density at radius 1 is 1.24 bits per heavy atom. The van der Waals surface area contributed by atoms with Crippen LogP contribution < -0.4 is 10.4 Å². The van der Waals surface area contributed by atoms with E-state index in [4.69, 9.17) is 9.15 Å². The first-order chi connectivity index (χ1) is 12.1. The Kier molecular flexibility index (Phi) is 6.57. The third-order valence-electron chi connectivity index (χ3n) is 3.73. The van der Waals surface area contributed by atoms with E-state index in [0.717, 1.165) is 23.8 Å². The number of carbonyl (C=O) groups excluding carboxylic acids is 1. The van der Waals surface area contributed by atoms with Crippen LogP contribution >= 0.6 is 0 Å². The van der Waals surface area contributed by atoms with Crippen molar-refractivity contribution in [1.82, 2.24) is 4.90 Å². The highest BCUT2D eigenvalue weighted by molar-refractivity contribution is 5.82. The van der Waals surface area contributed by atoms with Crippen LogP contribution in [0.25, 0.3) is 11.0 Å². The molecule has 2 aromatic rings. The lowest BCUT2D eigenvalue weighted by Crippen LogP contribution is -2.35. The van der Waals surface area contributed by atoms with E-state index in [-0.39, 0.29) is 18.1 Å². The van der Waals surface area contributed by atoms with Gasteiger partial charge in [-0.1, -0.05) is 25.5 Å². The van der Waals surface area contributed by atoms with E-state index in [1.54, 1.807) is 29.2 Å². The largest absolute Gasteiger partial charge is 0.484 e. The van der Waals surface area contributed by atoms with Gasteiger partial charge in [0, 0.05) is 30.6 Å². The Labute approximate surface area is 147 Å². The Balaban J connectivity index is 2.16. The van der Waals surface area contributed by atoms with Gasteiger partial charge >= 0.3 is 5.63 Å². The molecule has 0 aliphatic carbocycles. The molecule has 1 amide bonds. The fourth-order valence-corrected chi connectivity index (χ4v) is 2.60. The quantitative estimate of drug-likeness (QED) is 0.518. The second-order valence-electron chi connectivity index (χ2n) is 5.66. The number of rotatable bonds is 9. The van der Waals surface area contributed by atoms with E-state index in [0.29, 0.717) is 24.4 Å². The van der Waals surface area contributed by atoms with Gasteiger partial charge in [-0.25, -0.2) is 4.79 Å². The minimum absolute atomic E-state index is 0.105. The van der Waals surface area contributed by atoms with Gasteiger partial charge < -0.3 is 14.1 Å². The van der Waals surface area contributed by atoms with Crippen LogP contribution in [0.1, 0.15) is 18.9 Å². The first-order valence-corrected chi connectivity index (χ1v) is 8.28. The van der Waals surface area contributed by atoms with E-state index in [2.05, 4.69) is 20.1 Å². The molecule has 0 aliphatic rings. The number of ether oxygens (including phenoxy) is 1. The van der Waals surface area contributed by atoms with E-state index in [1.165, 1.54) is 6.07 Å². The van der Waals surface area contributed by atoms with Crippen molar-refractivity contribution >= 4 is 16.9 Å². The van der Waals surface area contributed by atoms with Crippen molar-refractivity contribution in [2.75, 3.05) is 19.7 Å². The zero-order valence-corrected chi connectivity index (χ0v) is 14.5. The van der Waals surface area contributed by atoms with Gasteiger partial charge in [-0.15, -0.1) is 13.2 Å². The van der Waals surface area contributed by atoms with Crippen molar-refractivity contribution in [3.63, 3.8) is 0 Å². The van der Waals surface area contributed by atoms with Crippen LogP contribution in [-0.2, 0) is 11.2 Å². The molecule has 0 bridgehead atoms. The molecule has 0 saturated heterocycles. The van der Waals surface area contributed by atoms with Gasteiger partial charge in [-0.05, 0) is 24.1 Å². The predicted octanol–water partition coefficient (Wildman–Crippen LogP) is 3.32. The van der Waals surface area contributed by atoms with E-state index >= 15 is 0 Å². The zero-order valence-electron chi connectivity index (χ0n) is 14.5. The summed E-state index contributed by atoms with van der Waals surface area (Å²) in [7, 11) is 0. The molecule has 0 spiro atoms. The molecule has 0 atom stereocenters. The first-order valence-electron chi connectivity index (χ1n) is 8.28. The molecule has 0 fully saturated rings. The van der Waals surface area contributed by atoms with E-state index in [9.17, 15) is 9.59 Å². The highest BCUT2D eigenvalue weighted by atomic mass is 16.5. The average molecular weight is 341 g/mol. The highest BCUT2D eigenvalue weighted by Crippen LogP contribution is 2.23. The normalized spacial score (nSPS) is 10.4. The number of fused-ring (bicyclic) bond motifs is 1. The molecule has 1 aromatic carbocycles. The average Bonchev–Trinajstić information content (AvgIpc) is 2.59. The van der Waals surface area contributed by atoms with Crippen LogP contribution in [0, 0.1) is 0 Å². The number of nitrogens with zero attached hydrogens (tertiary/aromatic N) is 1. The Hall–Kier alpha value is -2.82. The third kappa shape index (κ3) is 4.83. The van der Waals surface area contributed by atoms with Crippen molar-refractivity contribution in [2.45, 2.75) is 19.8 Å². The van der Waals surface area contributed by atoms with Crippen LogP contribution in [0.4, 0.5) is 0 Å². The number of carbonyl (C=O) groups is 1. The van der Waals surface area contributed by atoms with Gasteiger partial charge in [-0.3, -0.25) is 4.79 Å². The van der Waals surface area contributed by atoms with Crippen molar-refractivity contribution in [2.24, 2.45) is 0 Å². The second kappa shape index (κ2) is 8.87. The summed E-state index contributed by atoms with van der Waals surface area (Å²) in [4.78, 5) is 25.5. The minimum atomic E-state index is -0.382. The van der Waals surface area contributed by atoms with E-state index < -0.39 is 0 Å². The Morgan fingerprint density at radius 3 is 2.60 bits per heavy atom. The molecule has 0 aliphatic heterocycles. The van der Waals surface area contributed by atoms with Gasteiger partial charge in [0.25, 0.3) is 5.91 Å². The molecule has 1 heterocycles. The molecule has 5 nitrogen and oxygen atoms in total. The summed E-state index contributed by atoms with van der Waals surface area (Å²) in [6.07, 6.45) is 5.05. The van der Waals surface area contributed by atoms with Crippen molar-refractivity contribution in [1.29, 1.82) is 0 Å². The number of hydrogen-bond acceptors (Lipinski definition) is 4. The lowest BCUT2D eigenvalue weighted by Gasteiger charge is -2.19. The summed E-state index contributed by atoms with van der Waals surface area (Å²) in [5.41, 5.74) is 1.04. The van der Waals surface area contributed by atoms with Gasteiger partial charge in [-0.2, -0.15) is 0 Å². The van der Waals surface area contributed by atoms with Crippen LogP contribution in [0.5, 0.6) is 5.75 Å². The predicted molar refractivity (Wildman–Crippen MR) is 98.9 cm³/mol. The number of benzene rings is 1. The summed E-state index contributed by atoms with van der Waals surface area (Å²) in [5.74, 6) is 0.316. The maximum Gasteiger partial charge on any atom is 0.336 e. The van der Waals surface area contributed by atoms with Gasteiger partial charge in [0.2, 0.25) is 0 Å². The van der Waals surface area contributed by atoms with Gasteiger partial charge in [0.15, 0.2) is 6.61 Å². The molecule has 0 N–H and O–H groups in total. The summed E-state index contributed by atoms with van der Waals surface area (Å²) < 4.78 is 10.8. The minimum Gasteiger partial charge on any atom is -0.484 e. The molecule has 0 radical (unpaired) electrons. The third-order valence-corrected chi connectivity index (χ3v) is 3.73. The van der Waals surface area contributed by atoms with Crippen molar-refractivity contribution in [3.8, 4) is 5.75 Å². The lowest BCUT2D eigenvalue weighted by molar-refractivity contribution is -0.132. The fourth-order valence-electron chi connectivity index (χ4n) is 2.60. The van der Waals surface area contributed by atoms with Crippen LogP contribution in [0.15, 0.2) is 58.8 Å². The zero-order chi connectivity index (χ0) is 18.2. The molecule has 132 valence electrons. The first kappa shape index (κ1) is 18.5. The number of hydrogen-bond donors (Lipinski definition) is 0. The number of aryl methyl sites for hydroxylation is 1. The molecule has 1 aromatic heterocycles. The highest BCUT2D eigenvalue weighted by Gasteiger charge is 2.12. The maximum absolute atomic E-state index is 12.2. The maximum atomic E-state index is 12.2. The van der Waals surface area contributed by atoms with Crippen LogP contribution in [-0.4, -0.2) is 30.5 Å². The molecule has 25 heavy (non-hydrogen) atoms. The van der Waals surface area contributed by atoms with Crippen molar-refractivity contribution in [3.05, 3.63) is 65.6 Å². The molecule has 0 saturated carbocycles. The molecule has 5 heteroatoms. The monoisotopic (exact) mass is 341 g/mol. The second-order valence-corrected chi connectivity index (χ2v) is 5.66. The van der Waals surface area contributed by atoms with Crippen LogP contribution in [0.3, 0.4) is 0 Å². The van der Waals surface area contributed by atoms with Crippen molar-refractivity contribution < 1.29 is 13.9 Å². The molecular formula is C20H23NO4.